The predicted molar refractivity (Wildman–Crippen MR) is 117 cm³/mol. The zero-order chi connectivity index (χ0) is 21.0. The molecule has 0 radical (unpaired) electrons. The third-order valence-electron chi connectivity index (χ3n) is 5.42. The molecule has 154 valence electrons. The van der Waals surface area contributed by atoms with Gasteiger partial charge in [-0.2, -0.15) is 0 Å². The van der Waals surface area contributed by atoms with E-state index in [-0.39, 0.29) is 12.0 Å². The molecular weight excluding hydrogens is 362 g/mol. The van der Waals surface area contributed by atoms with Crippen molar-refractivity contribution < 1.29 is 9.53 Å². The van der Waals surface area contributed by atoms with Crippen LogP contribution < -0.4 is 0 Å². The zero-order valence-electron chi connectivity index (χ0n) is 18.1. The third-order valence-corrected chi connectivity index (χ3v) is 5.42. The maximum absolute atomic E-state index is 12.1. The Labute approximate surface area is 173 Å². The summed E-state index contributed by atoms with van der Waals surface area (Å²) in [6.45, 7) is 12.6. The molecule has 0 aliphatic carbocycles. The minimum Gasteiger partial charge on any atom is -0.462 e. The number of rotatable bonds is 8. The number of benzene rings is 2. The molecule has 0 spiro atoms. The van der Waals surface area contributed by atoms with Gasteiger partial charge in [0.1, 0.15) is 5.82 Å². The van der Waals surface area contributed by atoms with Crippen molar-refractivity contribution in [2.45, 2.75) is 59.8 Å². The molecule has 1 aromatic heterocycles. The van der Waals surface area contributed by atoms with Gasteiger partial charge in [0.25, 0.3) is 0 Å². The Morgan fingerprint density at radius 2 is 1.83 bits per heavy atom. The fourth-order valence-corrected chi connectivity index (χ4v) is 3.85. The van der Waals surface area contributed by atoms with E-state index in [0.29, 0.717) is 18.2 Å². The van der Waals surface area contributed by atoms with Gasteiger partial charge in [-0.1, -0.05) is 30.3 Å². The highest BCUT2D eigenvalue weighted by Crippen LogP contribution is 2.26. The average molecular weight is 394 g/mol. The summed E-state index contributed by atoms with van der Waals surface area (Å²) >= 11 is 0. The molecule has 2 aromatic carbocycles. The first-order valence-corrected chi connectivity index (χ1v) is 10.4. The number of nitrogens with zero attached hydrogens (tertiary/aromatic N) is 3. The lowest BCUT2D eigenvalue weighted by Gasteiger charge is -2.33. The Balaban J connectivity index is 1.95. The molecule has 0 aliphatic heterocycles. The number of hydrogen-bond acceptors (Lipinski definition) is 4. The second-order valence-corrected chi connectivity index (χ2v) is 7.55. The molecule has 0 N–H and O–H groups in total. The van der Waals surface area contributed by atoms with E-state index in [1.54, 1.807) is 0 Å². The van der Waals surface area contributed by atoms with Crippen LogP contribution in [0.25, 0.3) is 11.0 Å². The Bertz CT molecular complexity index is 963. The largest absolute Gasteiger partial charge is 0.462 e. The monoisotopic (exact) mass is 393 g/mol. The number of hydrogen-bond donors (Lipinski definition) is 0. The summed E-state index contributed by atoms with van der Waals surface area (Å²) in [5, 5.41) is 0. The van der Waals surface area contributed by atoms with Crippen molar-refractivity contribution in [3.05, 3.63) is 65.5 Å². The first-order chi connectivity index (χ1) is 14.0. The van der Waals surface area contributed by atoms with Crippen molar-refractivity contribution >= 4 is 17.0 Å². The summed E-state index contributed by atoms with van der Waals surface area (Å²) in [6.07, 6.45) is 0. The number of carbonyl (C=O) groups is 1. The van der Waals surface area contributed by atoms with Gasteiger partial charge in [-0.3, -0.25) is 4.90 Å². The Morgan fingerprint density at radius 3 is 2.45 bits per heavy atom. The number of ether oxygens (including phenoxy) is 1. The van der Waals surface area contributed by atoms with Gasteiger partial charge in [-0.25, -0.2) is 9.78 Å². The second-order valence-electron chi connectivity index (χ2n) is 7.55. The fourth-order valence-electron chi connectivity index (χ4n) is 3.85. The van der Waals surface area contributed by atoms with Crippen LogP contribution in [0.15, 0.2) is 48.5 Å². The highest BCUT2D eigenvalue weighted by molar-refractivity contribution is 5.93. The third kappa shape index (κ3) is 4.51. The number of aryl methyl sites for hydroxylation is 1. The lowest BCUT2D eigenvalue weighted by Crippen LogP contribution is -2.34. The molecule has 0 bridgehead atoms. The van der Waals surface area contributed by atoms with E-state index in [1.165, 1.54) is 5.56 Å². The number of imidazole rings is 1. The van der Waals surface area contributed by atoms with Crippen molar-refractivity contribution in [2.24, 2.45) is 0 Å². The topological polar surface area (TPSA) is 47.4 Å². The van der Waals surface area contributed by atoms with Crippen LogP contribution in [-0.2, 0) is 17.8 Å². The molecule has 0 saturated carbocycles. The molecule has 5 heteroatoms. The molecule has 29 heavy (non-hydrogen) atoms. The second kappa shape index (κ2) is 9.23. The summed E-state index contributed by atoms with van der Waals surface area (Å²) < 4.78 is 7.37. The first kappa shape index (κ1) is 21.1. The summed E-state index contributed by atoms with van der Waals surface area (Å²) in [4.78, 5) is 19.4. The van der Waals surface area contributed by atoms with Gasteiger partial charge in [0.15, 0.2) is 0 Å². The lowest BCUT2D eigenvalue weighted by atomic mass is 10.1. The number of fused-ring (bicyclic) bond motifs is 1. The molecule has 1 unspecified atom stereocenters. The molecule has 1 heterocycles. The first-order valence-electron chi connectivity index (χ1n) is 10.4. The van der Waals surface area contributed by atoms with Crippen LogP contribution in [0.3, 0.4) is 0 Å². The molecule has 0 amide bonds. The van der Waals surface area contributed by atoms with Gasteiger partial charge >= 0.3 is 5.97 Å². The lowest BCUT2D eigenvalue weighted by molar-refractivity contribution is 0.0526. The number of aromatic nitrogens is 2. The van der Waals surface area contributed by atoms with Crippen LogP contribution in [0.2, 0.25) is 0 Å². The van der Waals surface area contributed by atoms with Crippen LogP contribution >= 0.6 is 0 Å². The van der Waals surface area contributed by atoms with E-state index >= 15 is 0 Å². The van der Waals surface area contributed by atoms with Gasteiger partial charge in [0.05, 0.1) is 29.7 Å². The predicted octanol–water partition coefficient (Wildman–Crippen LogP) is 5.20. The normalized spacial score (nSPS) is 12.7. The van der Waals surface area contributed by atoms with E-state index in [0.717, 1.165) is 29.9 Å². The van der Waals surface area contributed by atoms with Crippen molar-refractivity contribution in [3.63, 3.8) is 0 Å². The van der Waals surface area contributed by atoms with Crippen LogP contribution in [0.4, 0.5) is 0 Å². The van der Waals surface area contributed by atoms with E-state index in [4.69, 9.17) is 9.72 Å². The quantitative estimate of drug-likeness (QED) is 0.493. The Morgan fingerprint density at radius 1 is 1.10 bits per heavy atom. The summed E-state index contributed by atoms with van der Waals surface area (Å²) in [7, 11) is 0. The van der Waals surface area contributed by atoms with Crippen LogP contribution in [0, 0.1) is 0 Å². The van der Waals surface area contributed by atoms with Gasteiger partial charge in [-0.05, 0) is 58.4 Å². The highest BCUT2D eigenvalue weighted by Gasteiger charge is 2.22. The Hall–Kier alpha value is -2.66. The average Bonchev–Trinajstić information content (AvgIpc) is 3.08. The number of carbonyl (C=O) groups excluding carboxylic acids is 1. The summed E-state index contributed by atoms with van der Waals surface area (Å²) in [5.41, 5.74) is 3.73. The van der Waals surface area contributed by atoms with Crippen molar-refractivity contribution in [3.8, 4) is 0 Å². The van der Waals surface area contributed by atoms with Gasteiger partial charge < -0.3 is 9.30 Å². The SMILES string of the molecule is CCOC(=O)c1ccc2c(c1)nc(CN(C(C)C)C(C)c1ccccc1)n2CC. The number of esters is 1. The van der Waals surface area contributed by atoms with Crippen LogP contribution in [0.1, 0.15) is 62.4 Å². The standard InChI is InChI=1S/C24H31N3O2/c1-6-26-22-14-13-20(24(28)29-7-2)15-21(22)25-23(26)16-27(17(3)4)18(5)19-11-9-8-10-12-19/h8-15,17-18H,6-7,16H2,1-5H3. The smallest absolute Gasteiger partial charge is 0.338 e. The van der Waals surface area contributed by atoms with E-state index in [9.17, 15) is 4.79 Å². The molecule has 0 saturated heterocycles. The Kier molecular flexibility index (Phi) is 6.70. The molecule has 3 rings (SSSR count). The summed E-state index contributed by atoms with van der Waals surface area (Å²) in [6, 6.07) is 16.8. The highest BCUT2D eigenvalue weighted by atomic mass is 16.5. The molecule has 0 fully saturated rings. The molecule has 1 atom stereocenters. The molecule has 0 aliphatic rings. The van der Waals surface area contributed by atoms with Crippen molar-refractivity contribution in [1.82, 2.24) is 14.5 Å². The van der Waals surface area contributed by atoms with Crippen molar-refractivity contribution in [1.29, 1.82) is 0 Å². The van der Waals surface area contributed by atoms with Gasteiger partial charge in [0, 0.05) is 18.6 Å². The molecule has 5 nitrogen and oxygen atoms in total. The molecular formula is C24H31N3O2. The van der Waals surface area contributed by atoms with E-state index in [2.05, 4.69) is 61.4 Å². The zero-order valence-corrected chi connectivity index (χ0v) is 18.1. The molecule has 3 aromatic rings. The van der Waals surface area contributed by atoms with Crippen LogP contribution in [0.5, 0.6) is 0 Å². The fraction of sp³-hybridized carbons (Fsp3) is 0.417. The van der Waals surface area contributed by atoms with E-state index < -0.39 is 0 Å². The minimum absolute atomic E-state index is 0.274. The van der Waals surface area contributed by atoms with E-state index in [1.807, 2.05) is 31.2 Å². The van der Waals surface area contributed by atoms with Crippen molar-refractivity contribution in [2.75, 3.05) is 6.61 Å². The maximum atomic E-state index is 12.1. The summed E-state index contributed by atoms with van der Waals surface area (Å²) in [5.74, 6) is 0.712. The minimum atomic E-state index is -0.302. The van der Waals surface area contributed by atoms with Gasteiger partial charge in [0.2, 0.25) is 0 Å². The van der Waals surface area contributed by atoms with Gasteiger partial charge in [-0.15, -0.1) is 0 Å². The van der Waals surface area contributed by atoms with Crippen LogP contribution in [-0.4, -0.2) is 33.1 Å². The maximum Gasteiger partial charge on any atom is 0.338 e.